The summed E-state index contributed by atoms with van der Waals surface area (Å²) in [7, 11) is 0. The van der Waals surface area contributed by atoms with E-state index in [9.17, 15) is 4.79 Å². The van der Waals surface area contributed by atoms with Crippen LogP contribution in [0.4, 0.5) is 0 Å². The first kappa shape index (κ1) is 12.5. The van der Waals surface area contributed by atoms with Crippen molar-refractivity contribution in [3.8, 4) is 0 Å². The molecule has 0 saturated carbocycles. The van der Waals surface area contributed by atoms with Crippen molar-refractivity contribution in [2.75, 3.05) is 0 Å². The first-order chi connectivity index (χ1) is 8.18. The number of pyridine rings is 1. The van der Waals surface area contributed by atoms with E-state index < -0.39 is 0 Å². The van der Waals surface area contributed by atoms with E-state index in [1.807, 2.05) is 34.7 Å². The second-order valence-corrected chi connectivity index (χ2v) is 4.90. The Kier molecular flexibility index (Phi) is 4.11. The van der Waals surface area contributed by atoms with E-state index in [1.165, 1.54) is 6.33 Å². The van der Waals surface area contributed by atoms with Crippen molar-refractivity contribution in [1.29, 1.82) is 0 Å². The molecule has 0 aliphatic carbocycles. The third-order valence-electron chi connectivity index (χ3n) is 2.30. The number of aryl methyl sites for hydroxylation is 2. The van der Waals surface area contributed by atoms with Crippen molar-refractivity contribution in [3.05, 3.63) is 55.5 Å². The summed E-state index contributed by atoms with van der Waals surface area (Å²) in [5.41, 5.74) is 0.985. The van der Waals surface area contributed by atoms with Gasteiger partial charge in [-0.1, -0.05) is 17.7 Å². The Morgan fingerprint density at radius 1 is 1.47 bits per heavy atom. The average molecular weight is 362 g/mol. The highest BCUT2D eigenvalue weighted by Gasteiger charge is 2.06. The van der Waals surface area contributed by atoms with Gasteiger partial charge in [-0.15, -0.1) is 0 Å². The van der Waals surface area contributed by atoms with Gasteiger partial charge in [-0.05, 0) is 40.6 Å². The highest BCUT2D eigenvalue weighted by molar-refractivity contribution is 14.1. The molecule has 0 saturated heterocycles. The molecular formula is C11H9ClIN3O. The van der Waals surface area contributed by atoms with Crippen LogP contribution in [0.2, 0.25) is 5.15 Å². The molecule has 0 aliphatic rings. The Morgan fingerprint density at radius 2 is 2.29 bits per heavy atom. The maximum absolute atomic E-state index is 11.8. The predicted molar refractivity (Wildman–Crippen MR) is 74.2 cm³/mol. The van der Waals surface area contributed by atoms with Crippen molar-refractivity contribution < 1.29 is 0 Å². The molecule has 2 rings (SSSR count). The number of hydrogen-bond acceptors (Lipinski definition) is 3. The molecule has 0 spiro atoms. The number of rotatable bonds is 3. The third-order valence-corrected chi connectivity index (χ3v) is 3.88. The second kappa shape index (κ2) is 5.59. The summed E-state index contributed by atoms with van der Waals surface area (Å²) in [6, 6.07) is 3.86. The maximum atomic E-state index is 11.8. The molecular weight excluding hydrogens is 352 g/mol. The van der Waals surface area contributed by atoms with E-state index in [4.69, 9.17) is 11.6 Å². The summed E-state index contributed by atoms with van der Waals surface area (Å²) < 4.78 is 2.01. The Morgan fingerprint density at radius 3 is 3.00 bits per heavy atom. The van der Waals surface area contributed by atoms with Gasteiger partial charge in [-0.3, -0.25) is 14.3 Å². The van der Waals surface area contributed by atoms with Crippen LogP contribution in [0.1, 0.15) is 5.56 Å². The van der Waals surface area contributed by atoms with Gasteiger partial charge in [-0.2, -0.15) is 0 Å². The fraction of sp³-hybridized carbons (Fsp3) is 0.182. The molecule has 0 N–H and O–H groups in total. The molecule has 0 aromatic carbocycles. The van der Waals surface area contributed by atoms with Crippen molar-refractivity contribution in [2.24, 2.45) is 0 Å². The summed E-state index contributed by atoms with van der Waals surface area (Å²) in [6.45, 7) is 0.574. The van der Waals surface area contributed by atoms with E-state index in [0.29, 0.717) is 10.1 Å². The lowest BCUT2D eigenvalue weighted by atomic mass is 10.2. The topological polar surface area (TPSA) is 47.8 Å². The first-order valence-electron chi connectivity index (χ1n) is 4.98. The molecule has 0 atom stereocenters. The van der Waals surface area contributed by atoms with Crippen LogP contribution in [0.3, 0.4) is 0 Å². The summed E-state index contributed by atoms with van der Waals surface area (Å²) in [5.74, 6) is 0. The lowest BCUT2D eigenvalue weighted by molar-refractivity contribution is 0.650. The Labute approximate surface area is 117 Å². The third kappa shape index (κ3) is 3.04. The lowest BCUT2D eigenvalue weighted by Gasteiger charge is -2.05. The summed E-state index contributed by atoms with van der Waals surface area (Å²) in [5, 5.41) is 0.258. The minimum absolute atomic E-state index is 0.102. The second-order valence-electron chi connectivity index (χ2n) is 3.46. The summed E-state index contributed by atoms with van der Waals surface area (Å²) >= 11 is 7.67. The van der Waals surface area contributed by atoms with Crippen LogP contribution in [0, 0.1) is 3.57 Å². The van der Waals surface area contributed by atoms with Gasteiger partial charge in [0.15, 0.2) is 0 Å². The van der Waals surface area contributed by atoms with E-state index >= 15 is 0 Å². The SMILES string of the molecule is O=c1c(I)c(Cl)ncn1CCc1cccnc1. The number of halogens is 2. The van der Waals surface area contributed by atoms with E-state index in [0.717, 1.165) is 12.0 Å². The lowest BCUT2D eigenvalue weighted by Crippen LogP contribution is -2.24. The van der Waals surface area contributed by atoms with Crippen LogP contribution in [-0.2, 0) is 13.0 Å². The summed E-state index contributed by atoms with van der Waals surface area (Å²) in [6.07, 6.45) is 5.73. The van der Waals surface area contributed by atoms with Gasteiger partial charge in [-0.25, -0.2) is 4.98 Å². The van der Waals surface area contributed by atoms with Gasteiger partial charge in [0.1, 0.15) is 8.72 Å². The monoisotopic (exact) mass is 361 g/mol. The van der Waals surface area contributed by atoms with Crippen LogP contribution in [0.5, 0.6) is 0 Å². The van der Waals surface area contributed by atoms with Crippen molar-refractivity contribution in [1.82, 2.24) is 14.5 Å². The molecule has 0 bridgehead atoms. The number of hydrogen-bond donors (Lipinski definition) is 0. The fourth-order valence-electron chi connectivity index (χ4n) is 1.40. The van der Waals surface area contributed by atoms with Crippen molar-refractivity contribution >= 4 is 34.2 Å². The minimum atomic E-state index is -0.102. The van der Waals surface area contributed by atoms with Crippen LogP contribution in [0.15, 0.2) is 35.6 Å². The van der Waals surface area contributed by atoms with Crippen molar-refractivity contribution in [3.63, 3.8) is 0 Å². The first-order valence-corrected chi connectivity index (χ1v) is 6.43. The largest absolute Gasteiger partial charge is 0.298 e. The fourth-order valence-corrected chi connectivity index (χ4v) is 1.97. The maximum Gasteiger partial charge on any atom is 0.268 e. The van der Waals surface area contributed by atoms with Crippen LogP contribution < -0.4 is 5.56 Å². The molecule has 0 fully saturated rings. The zero-order valence-corrected chi connectivity index (χ0v) is 11.7. The van der Waals surface area contributed by atoms with Gasteiger partial charge >= 0.3 is 0 Å². The number of aromatic nitrogens is 3. The van der Waals surface area contributed by atoms with Gasteiger partial charge in [0.05, 0.1) is 6.33 Å². The highest BCUT2D eigenvalue weighted by atomic mass is 127. The Balaban J connectivity index is 2.16. The van der Waals surface area contributed by atoms with E-state index in [1.54, 1.807) is 17.0 Å². The molecule has 6 heteroatoms. The van der Waals surface area contributed by atoms with Crippen molar-refractivity contribution in [2.45, 2.75) is 13.0 Å². The molecule has 2 heterocycles. The number of nitrogens with zero attached hydrogens (tertiary/aromatic N) is 3. The molecule has 2 aromatic heterocycles. The van der Waals surface area contributed by atoms with Gasteiger partial charge < -0.3 is 0 Å². The standard InChI is InChI=1S/C11H9ClIN3O/c12-10-9(13)11(17)16(7-15-10)5-3-8-2-1-4-14-6-8/h1-2,4,6-7H,3,5H2. The van der Waals surface area contributed by atoms with Crippen LogP contribution in [0.25, 0.3) is 0 Å². The molecule has 0 amide bonds. The quantitative estimate of drug-likeness (QED) is 0.622. The molecule has 4 nitrogen and oxygen atoms in total. The van der Waals surface area contributed by atoms with Gasteiger partial charge in [0.2, 0.25) is 0 Å². The minimum Gasteiger partial charge on any atom is -0.298 e. The van der Waals surface area contributed by atoms with Crippen LogP contribution in [-0.4, -0.2) is 14.5 Å². The average Bonchev–Trinajstić information content (AvgIpc) is 2.36. The predicted octanol–water partition coefficient (Wildman–Crippen LogP) is 2.14. The normalized spacial score (nSPS) is 10.5. The smallest absolute Gasteiger partial charge is 0.268 e. The van der Waals surface area contributed by atoms with E-state index in [2.05, 4.69) is 9.97 Å². The zero-order valence-electron chi connectivity index (χ0n) is 8.81. The van der Waals surface area contributed by atoms with Gasteiger partial charge in [0, 0.05) is 18.9 Å². The Bertz CT molecular complexity index is 571. The molecule has 2 aromatic rings. The van der Waals surface area contributed by atoms with Gasteiger partial charge in [0.25, 0.3) is 5.56 Å². The molecule has 0 radical (unpaired) electrons. The van der Waals surface area contributed by atoms with E-state index in [-0.39, 0.29) is 10.7 Å². The highest BCUT2D eigenvalue weighted by Crippen LogP contribution is 2.09. The molecule has 88 valence electrons. The zero-order chi connectivity index (χ0) is 12.3. The molecule has 0 unspecified atom stereocenters. The van der Waals surface area contributed by atoms with Crippen LogP contribution >= 0.6 is 34.2 Å². The summed E-state index contributed by atoms with van der Waals surface area (Å²) in [4.78, 5) is 19.8. The molecule has 0 aliphatic heterocycles. The Hall–Kier alpha value is -0.950. The molecule has 17 heavy (non-hydrogen) atoms.